The third kappa shape index (κ3) is 4.16. The molecular formula is C21H29IO2. The van der Waals surface area contributed by atoms with Gasteiger partial charge in [0.25, 0.3) is 0 Å². The van der Waals surface area contributed by atoms with Crippen LogP contribution >= 0.6 is 22.6 Å². The van der Waals surface area contributed by atoms with E-state index in [1.54, 1.807) is 0 Å². The number of rotatable bonds is 6. The molecule has 0 aromatic heterocycles. The molecule has 132 valence electrons. The number of phenols is 2. The highest BCUT2D eigenvalue weighted by Gasteiger charge is 2.31. The predicted molar refractivity (Wildman–Crippen MR) is 110 cm³/mol. The molecule has 1 aliphatic carbocycles. The molecular weight excluding hydrogens is 411 g/mol. The summed E-state index contributed by atoms with van der Waals surface area (Å²) in [5.41, 5.74) is 4.15. The van der Waals surface area contributed by atoms with Crippen molar-refractivity contribution in [2.45, 2.75) is 65.2 Å². The Kier molecular flexibility index (Phi) is 6.79. The standard InChI is InChI=1S/C21H29IO2/c1-5-6-7-8-15-12-18(23)19(21(24)20(15)22)17-11-14(4)9-10-16(17)13(2)3/h11-12,16-17,23-24H,2,5-10H2,1,3-4H3/t16-,17+/m0/s1. The second-order valence-corrected chi connectivity index (χ2v) is 8.20. The van der Waals surface area contributed by atoms with E-state index < -0.39 is 0 Å². The van der Waals surface area contributed by atoms with Gasteiger partial charge in [-0.15, -0.1) is 0 Å². The van der Waals surface area contributed by atoms with Crippen molar-refractivity contribution in [1.82, 2.24) is 0 Å². The Labute approximate surface area is 159 Å². The van der Waals surface area contributed by atoms with Crippen LogP contribution in [0.1, 0.15) is 69.9 Å². The summed E-state index contributed by atoms with van der Waals surface area (Å²) in [6, 6.07) is 1.86. The van der Waals surface area contributed by atoms with Crippen LogP contribution in [-0.4, -0.2) is 10.2 Å². The molecule has 2 N–H and O–H groups in total. The molecule has 0 saturated heterocycles. The molecule has 2 atom stereocenters. The number of aryl methyl sites for hydroxylation is 1. The van der Waals surface area contributed by atoms with Crippen molar-refractivity contribution in [3.63, 3.8) is 0 Å². The van der Waals surface area contributed by atoms with Crippen LogP contribution in [0, 0.1) is 9.49 Å². The molecule has 3 heteroatoms. The summed E-state index contributed by atoms with van der Waals surface area (Å²) < 4.78 is 0.883. The van der Waals surface area contributed by atoms with E-state index in [1.165, 1.54) is 18.4 Å². The van der Waals surface area contributed by atoms with Crippen LogP contribution in [0.3, 0.4) is 0 Å². The molecule has 0 aliphatic heterocycles. The fourth-order valence-electron chi connectivity index (χ4n) is 3.68. The largest absolute Gasteiger partial charge is 0.507 e. The van der Waals surface area contributed by atoms with E-state index in [4.69, 9.17) is 0 Å². The number of unbranched alkanes of at least 4 members (excludes halogenated alkanes) is 2. The number of halogens is 1. The highest BCUT2D eigenvalue weighted by Crippen LogP contribution is 2.48. The van der Waals surface area contributed by atoms with E-state index in [-0.39, 0.29) is 23.3 Å². The van der Waals surface area contributed by atoms with Gasteiger partial charge >= 0.3 is 0 Å². The lowest BCUT2D eigenvalue weighted by atomic mass is 9.73. The molecule has 1 aliphatic rings. The first-order valence-electron chi connectivity index (χ1n) is 8.92. The second-order valence-electron chi connectivity index (χ2n) is 7.12. The SMILES string of the molecule is C=C(C)[C@@H]1CCC(C)=C[C@H]1c1c(O)cc(CCCCC)c(I)c1O. The van der Waals surface area contributed by atoms with Crippen molar-refractivity contribution in [3.8, 4) is 11.5 Å². The molecule has 0 amide bonds. The van der Waals surface area contributed by atoms with Crippen molar-refractivity contribution in [1.29, 1.82) is 0 Å². The summed E-state index contributed by atoms with van der Waals surface area (Å²) in [7, 11) is 0. The molecule has 2 rings (SSSR count). The van der Waals surface area contributed by atoms with Crippen molar-refractivity contribution in [2.24, 2.45) is 5.92 Å². The number of hydrogen-bond acceptors (Lipinski definition) is 2. The lowest BCUT2D eigenvalue weighted by Gasteiger charge is -2.31. The predicted octanol–water partition coefficient (Wildman–Crippen LogP) is 6.45. The number of aromatic hydroxyl groups is 2. The maximum atomic E-state index is 10.8. The van der Waals surface area contributed by atoms with Gasteiger partial charge in [-0.1, -0.05) is 43.6 Å². The fourth-order valence-corrected chi connectivity index (χ4v) is 4.40. The molecule has 0 radical (unpaired) electrons. The van der Waals surface area contributed by atoms with E-state index in [0.717, 1.165) is 40.4 Å². The Balaban J connectivity index is 2.44. The van der Waals surface area contributed by atoms with Gasteiger partial charge in [-0.2, -0.15) is 0 Å². The zero-order chi connectivity index (χ0) is 17.9. The van der Waals surface area contributed by atoms with Gasteiger partial charge in [0.15, 0.2) is 0 Å². The highest BCUT2D eigenvalue weighted by molar-refractivity contribution is 14.1. The molecule has 0 heterocycles. The Morgan fingerprint density at radius 2 is 2.04 bits per heavy atom. The van der Waals surface area contributed by atoms with Gasteiger partial charge < -0.3 is 10.2 Å². The Morgan fingerprint density at radius 1 is 1.33 bits per heavy atom. The molecule has 2 nitrogen and oxygen atoms in total. The molecule has 1 aromatic rings. The van der Waals surface area contributed by atoms with Gasteiger partial charge in [-0.3, -0.25) is 0 Å². The fraction of sp³-hybridized carbons (Fsp3) is 0.524. The van der Waals surface area contributed by atoms with Crippen LogP contribution in [0.2, 0.25) is 0 Å². The van der Waals surface area contributed by atoms with Gasteiger partial charge in [0.05, 0.1) is 3.57 Å². The van der Waals surface area contributed by atoms with E-state index in [2.05, 4.69) is 49.1 Å². The summed E-state index contributed by atoms with van der Waals surface area (Å²) in [4.78, 5) is 0. The average Bonchev–Trinajstić information content (AvgIpc) is 2.52. The number of hydrogen-bond donors (Lipinski definition) is 2. The maximum absolute atomic E-state index is 10.8. The van der Waals surface area contributed by atoms with Crippen molar-refractivity contribution in [3.05, 3.63) is 44.6 Å². The third-order valence-electron chi connectivity index (χ3n) is 5.10. The molecule has 0 bridgehead atoms. The summed E-state index contributed by atoms with van der Waals surface area (Å²) >= 11 is 2.22. The van der Waals surface area contributed by atoms with Gasteiger partial charge in [-0.25, -0.2) is 0 Å². The first-order valence-corrected chi connectivity index (χ1v) is 10.0. The van der Waals surface area contributed by atoms with Crippen molar-refractivity contribution < 1.29 is 10.2 Å². The Bertz CT molecular complexity index is 646. The van der Waals surface area contributed by atoms with Gasteiger partial charge in [0, 0.05) is 11.5 Å². The first-order chi connectivity index (χ1) is 11.4. The molecule has 1 aromatic carbocycles. The van der Waals surface area contributed by atoms with Crippen LogP contribution in [0.5, 0.6) is 11.5 Å². The van der Waals surface area contributed by atoms with Crippen LogP contribution in [0.15, 0.2) is 29.9 Å². The third-order valence-corrected chi connectivity index (χ3v) is 6.30. The van der Waals surface area contributed by atoms with Gasteiger partial charge in [0.2, 0.25) is 0 Å². The lowest BCUT2D eigenvalue weighted by Crippen LogP contribution is -2.17. The second kappa shape index (κ2) is 8.41. The van der Waals surface area contributed by atoms with Crippen molar-refractivity contribution in [2.75, 3.05) is 0 Å². The van der Waals surface area contributed by atoms with Gasteiger partial charge in [-0.05, 0) is 79.7 Å². The summed E-state index contributed by atoms with van der Waals surface area (Å²) in [5, 5.41) is 21.5. The topological polar surface area (TPSA) is 40.5 Å². The number of allylic oxidation sites excluding steroid dienone is 3. The molecule has 0 unspecified atom stereocenters. The Hall–Kier alpha value is -0.970. The smallest absolute Gasteiger partial charge is 0.136 e. The monoisotopic (exact) mass is 440 g/mol. The maximum Gasteiger partial charge on any atom is 0.136 e. The van der Waals surface area contributed by atoms with E-state index in [1.807, 2.05) is 13.0 Å². The summed E-state index contributed by atoms with van der Waals surface area (Å²) in [6.45, 7) is 10.5. The molecule has 0 spiro atoms. The quantitative estimate of drug-likeness (QED) is 0.303. The van der Waals surface area contributed by atoms with Crippen LogP contribution in [0.4, 0.5) is 0 Å². The number of benzene rings is 1. The van der Waals surface area contributed by atoms with Gasteiger partial charge in [0.1, 0.15) is 11.5 Å². The minimum atomic E-state index is 0.00876. The molecule has 0 saturated carbocycles. The minimum Gasteiger partial charge on any atom is -0.507 e. The average molecular weight is 440 g/mol. The minimum absolute atomic E-state index is 0.00876. The van der Waals surface area contributed by atoms with E-state index in [0.29, 0.717) is 5.56 Å². The summed E-state index contributed by atoms with van der Waals surface area (Å²) in [6.07, 6.45) is 8.60. The zero-order valence-electron chi connectivity index (χ0n) is 15.0. The van der Waals surface area contributed by atoms with E-state index >= 15 is 0 Å². The zero-order valence-corrected chi connectivity index (χ0v) is 17.2. The van der Waals surface area contributed by atoms with Crippen LogP contribution < -0.4 is 0 Å². The number of phenolic OH excluding ortho intramolecular Hbond substituents is 2. The molecule has 24 heavy (non-hydrogen) atoms. The molecule has 0 fully saturated rings. The Morgan fingerprint density at radius 3 is 2.67 bits per heavy atom. The summed E-state index contributed by atoms with van der Waals surface area (Å²) in [5.74, 6) is 0.757. The highest BCUT2D eigenvalue weighted by atomic mass is 127. The normalized spacial score (nSPS) is 20.8. The van der Waals surface area contributed by atoms with Crippen LogP contribution in [-0.2, 0) is 6.42 Å². The van der Waals surface area contributed by atoms with Crippen LogP contribution in [0.25, 0.3) is 0 Å². The first kappa shape index (κ1) is 19.4. The lowest BCUT2D eigenvalue weighted by molar-refractivity contribution is 0.404. The van der Waals surface area contributed by atoms with E-state index in [9.17, 15) is 10.2 Å². The van der Waals surface area contributed by atoms with Crippen molar-refractivity contribution >= 4 is 22.6 Å².